The van der Waals surface area contributed by atoms with Crippen LogP contribution >= 0.6 is 24.0 Å². The number of nitrogens with one attached hydrogen (secondary N) is 2. The number of likely N-dealkylation sites (tertiary alicyclic amines) is 1. The SMILES string of the molecule is CCNC(=NCc1ccccc1CN1CCCC1=O)NCC1CC1.I. The predicted octanol–water partition coefficient (Wildman–Crippen LogP) is 2.89. The summed E-state index contributed by atoms with van der Waals surface area (Å²) in [5, 5.41) is 6.74. The molecule has 0 bridgehead atoms. The van der Waals surface area contributed by atoms with Crippen molar-refractivity contribution in [1.82, 2.24) is 15.5 Å². The van der Waals surface area contributed by atoms with Gasteiger partial charge in [-0.25, -0.2) is 4.99 Å². The second-order valence-corrected chi connectivity index (χ2v) is 6.71. The van der Waals surface area contributed by atoms with Crippen molar-refractivity contribution in [1.29, 1.82) is 0 Å². The smallest absolute Gasteiger partial charge is 0.222 e. The van der Waals surface area contributed by atoms with E-state index in [-0.39, 0.29) is 29.9 Å². The van der Waals surface area contributed by atoms with Crippen LogP contribution in [0, 0.1) is 5.92 Å². The quantitative estimate of drug-likeness (QED) is 0.377. The molecule has 1 aliphatic heterocycles. The second-order valence-electron chi connectivity index (χ2n) is 6.71. The highest BCUT2D eigenvalue weighted by molar-refractivity contribution is 14.0. The number of amides is 1. The first-order chi connectivity index (χ1) is 11.8. The molecule has 2 aliphatic rings. The second kappa shape index (κ2) is 9.99. The Hall–Kier alpha value is -1.31. The van der Waals surface area contributed by atoms with E-state index in [1.54, 1.807) is 0 Å². The van der Waals surface area contributed by atoms with Gasteiger partial charge in [0.15, 0.2) is 5.96 Å². The zero-order valence-electron chi connectivity index (χ0n) is 15.0. The van der Waals surface area contributed by atoms with Gasteiger partial charge >= 0.3 is 0 Å². The molecule has 25 heavy (non-hydrogen) atoms. The number of carbonyl (C=O) groups is 1. The minimum Gasteiger partial charge on any atom is -0.357 e. The summed E-state index contributed by atoms with van der Waals surface area (Å²) < 4.78 is 0. The summed E-state index contributed by atoms with van der Waals surface area (Å²) in [6.45, 7) is 6.17. The molecule has 0 spiro atoms. The number of hydrogen-bond acceptors (Lipinski definition) is 2. The molecule has 1 heterocycles. The summed E-state index contributed by atoms with van der Waals surface area (Å²) in [5.41, 5.74) is 2.40. The minimum absolute atomic E-state index is 0. The first-order valence-corrected chi connectivity index (χ1v) is 9.13. The van der Waals surface area contributed by atoms with E-state index in [1.165, 1.54) is 24.0 Å². The average Bonchev–Trinajstić information content (AvgIpc) is 3.34. The van der Waals surface area contributed by atoms with Gasteiger partial charge in [-0.3, -0.25) is 4.79 Å². The molecule has 6 heteroatoms. The van der Waals surface area contributed by atoms with Crippen LogP contribution in [0.25, 0.3) is 0 Å². The number of guanidine groups is 1. The molecule has 2 fully saturated rings. The number of aliphatic imine (C=N–C) groups is 1. The van der Waals surface area contributed by atoms with Gasteiger partial charge in [-0.1, -0.05) is 24.3 Å². The van der Waals surface area contributed by atoms with E-state index in [0.29, 0.717) is 19.5 Å². The van der Waals surface area contributed by atoms with Crippen molar-refractivity contribution >= 4 is 35.8 Å². The van der Waals surface area contributed by atoms with Crippen molar-refractivity contribution in [3.05, 3.63) is 35.4 Å². The molecule has 0 radical (unpaired) electrons. The van der Waals surface area contributed by atoms with Crippen molar-refractivity contribution in [3.8, 4) is 0 Å². The fourth-order valence-electron chi connectivity index (χ4n) is 3.01. The summed E-state index contributed by atoms with van der Waals surface area (Å²) in [5.74, 6) is 1.98. The van der Waals surface area contributed by atoms with E-state index in [4.69, 9.17) is 4.99 Å². The highest BCUT2D eigenvalue weighted by atomic mass is 127. The van der Waals surface area contributed by atoms with Gasteiger partial charge in [0.25, 0.3) is 0 Å². The number of nitrogens with zero attached hydrogens (tertiary/aromatic N) is 2. The van der Waals surface area contributed by atoms with Gasteiger partial charge in [0.1, 0.15) is 0 Å². The van der Waals surface area contributed by atoms with Crippen LogP contribution in [0.4, 0.5) is 0 Å². The van der Waals surface area contributed by atoms with E-state index in [2.05, 4.69) is 29.7 Å². The predicted molar refractivity (Wildman–Crippen MR) is 112 cm³/mol. The van der Waals surface area contributed by atoms with Crippen LogP contribution in [-0.2, 0) is 17.9 Å². The first-order valence-electron chi connectivity index (χ1n) is 9.13. The molecule has 0 aromatic heterocycles. The summed E-state index contributed by atoms with van der Waals surface area (Å²) >= 11 is 0. The molecule has 0 atom stereocenters. The Morgan fingerprint density at radius 1 is 1.24 bits per heavy atom. The average molecular weight is 456 g/mol. The molecule has 1 amide bonds. The summed E-state index contributed by atoms with van der Waals surface area (Å²) in [4.78, 5) is 18.6. The fourth-order valence-corrected chi connectivity index (χ4v) is 3.01. The van der Waals surface area contributed by atoms with Crippen molar-refractivity contribution in [3.63, 3.8) is 0 Å². The zero-order chi connectivity index (χ0) is 16.8. The van der Waals surface area contributed by atoms with Gasteiger partial charge in [-0.15, -0.1) is 24.0 Å². The molecule has 3 rings (SSSR count). The maximum atomic E-state index is 11.9. The molecular weight excluding hydrogens is 427 g/mol. The van der Waals surface area contributed by atoms with Crippen LogP contribution in [-0.4, -0.2) is 36.4 Å². The number of benzene rings is 1. The van der Waals surface area contributed by atoms with Gasteiger partial charge in [0.2, 0.25) is 5.91 Å². The molecule has 1 saturated heterocycles. The highest BCUT2D eigenvalue weighted by Gasteiger charge is 2.22. The van der Waals surface area contributed by atoms with Crippen molar-refractivity contribution in [2.45, 2.75) is 45.7 Å². The first kappa shape index (κ1) is 20.0. The molecular formula is C19H29IN4O. The molecule has 1 aromatic carbocycles. The Balaban J connectivity index is 0.00000225. The number of halogens is 1. The lowest BCUT2D eigenvalue weighted by molar-refractivity contribution is -0.128. The maximum Gasteiger partial charge on any atom is 0.222 e. The third-order valence-corrected chi connectivity index (χ3v) is 4.66. The number of rotatable bonds is 7. The highest BCUT2D eigenvalue weighted by Crippen LogP contribution is 2.27. The molecule has 0 unspecified atom stereocenters. The van der Waals surface area contributed by atoms with E-state index in [9.17, 15) is 4.79 Å². The van der Waals surface area contributed by atoms with Crippen molar-refractivity contribution in [2.75, 3.05) is 19.6 Å². The van der Waals surface area contributed by atoms with E-state index < -0.39 is 0 Å². The standard InChI is InChI=1S/C19H28N4O.HI/c1-2-20-19(21-12-15-9-10-15)22-13-16-6-3-4-7-17(16)14-23-11-5-8-18(23)24;/h3-4,6-7,15H,2,5,8-14H2,1H3,(H2,20,21,22);1H. The zero-order valence-corrected chi connectivity index (χ0v) is 17.3. The van der Waals surface area contributed by atoms with E-state index in [0.717, 1.165) is 37.9 Å². The van der Waals surface area contributed by atoms with E-state index >= 15 is 0 Å². The van der Waals surface area contributed by atoms with Gasteiger partial charge in [0.05, 0.1) is 6.54 Å². The van der Waals surface area contributed by atoms with Gasteiger partial charge < -0.3 is 15.5 Å². The van der Waals surface area contributed by atoms with Gasteiger partial charge in [-0.05, 0) is 43.2 Å². The lowest BCUT2D eigenvalue weighted by Gasteiger charge is -2.18. The third-order valence-electron chi connectivity index (χ3n) is 4.66. The monoisotopic (exact) mass is 456 g/mol. The van der Waals surface area contributed by atoms with Gasteiger partial charge in [0, 0.05) is 32.6 Å². The Morgan fingerprint density at radius 3 is 2.64 bits per heavy atom. The van der Waals surface area contributed by atoms with E-state index in [1.807, 2.05) is 17.0 Å². The van der Waals surface area contributed by atoms with Crippen LogP contribution in [0.2, 0.25) is 0 Å². The lowest BCUT2D eigenvalue weighted by Crippen LogP contribution is -2.38. The number of hydrogen-bond donors (Lipinski definition) is 2. The summed E-state index contributed by atoms with van der Waals surface area (Å²) in [6, 6.07) is 8.31. The molecule has 138 valence electrons. The van der Waals surface area contributed by atoms with Crippen LogP contribution < -0.4 is 10.6 Å². The number of carbonyl (C=O) groups excluding carboxylic acids is 1. The van der Waals surface area contributed by atoms with Crippen LogP contribution in [0.15, 0.2) is 29.3 Å². The van der Waals surface area contributed by atoms with Crippen LogP contribution in [0.1, 0.15) is 43.7 Å². The summed E-state index contributed by atoms with van der Waals surface area (Å²) in [7, 11) is 0. The maximum absolute atomic E-state index is 11.9. The van der Waals surface area contributed by atoms with Crippen LogP contribution in [0.3, 0.4) is 0 Å². The molecule has 2 N–H and O–H groups in total. The van der Waals surface area contributed by atoms with Gasteiger partial charge in [-0.2, -0.15) is 0 Å². The summed E-state index contributed by atoms with van der Waals surface area (Å²) in [6.07, 6.45) is 4.34. The fraction of sp³-hybridized carbons (Fsp3) is 0.579. The molecule has 1 aliphatic carbocycles. The minimum atomic E-state index is 0. The molecule has 1 saturated carbocycles. The molecule has 5 nitrogen and oxygen atoms in total. The Kier molecular flexibility index (Phi) is 7.99. The Labute approximate surface area is 167 Å². The lowest BCUT2D eigenvalue weighted by atomic mass is 10.1. The Bertz CT molecular complexity index is 601. The molecule has 1 aromatic rings. The van der Waals surface area contributed by atoms with Crippen molar-refractivity contribution in [2.24, 2.45) is 10.9 Å². The topological polar surface area (TPSA) is 56.7 Å². The Morgan fingerprint density at radius 2 is 2.00 bits per heavy atom. The third kappa shape index (κ3) is 6.17. The normalized spacial score (nSPS) is 17.4. The van der Waals surface area contributed by atoms with Crippen molar-refractivity contribution < 1.29 is 4.79 Å². The van der Waals surface area contributed by atoms with Crippen LogP contribution in [0.5, 0.6) is 0 Å². The largest absolute Gasteiger partial charge is 0.357 e.